The van der Waals surface area contributed by atoms with Crippen molar-refractivity contribution >= 4 is 39.3 Å². The van der Waals surface area contributed by atoms with Gasteiger partial charge in [-0.3, -0.25) is 9.55 Å². The molecule has 0 amide bonds. The Balaban J connectivity index is 1.51. The molecule has 3 heterocycles. The van der Waals surface area contributed by atoms with Gasteiger partial charge in [-0.1, -0.05) is 48.6 Å². The van der Waals surface area contributed by atoms with Gasteiger partial charge in [0.15, 0.2) is 5.84 Å². The van der Waals surface area contributed by atoms with E-state index < -0.39 is 0 Å². The molecule has 1 N–H and O–H groups in total. The minimum absolute atomic E-state index is 0.276. The van der Waals surface area contributed by atoms with Crippen molar-refractivity contribution in [2.45, 2.75) is 19.0 Å². The molecule has 1 unspecified atom stereocenters. The van der Waals surface area contributed by atoms with Crippen LogP contribution in [0.3, 0.4) is 0 Å². The van der Waals surface area contributed by atoms with Gasteiger partial charge in [0.05, 0.1) is 22.8 Å². The molecule has 5 heteroatoms. The van der Waals surface area contributed by atoms with Gasteiger partial charge in [-0.2, -0.15) is 5.26 Å². The van der Waals surface area contributed by atoms with Gasteiger partial charge in [0.2, 0.25) is 0 Å². The Morgan fingerprint density at radius 1 is 0.971 bits per heavy atom. The standard InChI is InChI=1S/C30H21N5/c31-18-19-11-13-20(14-12-19)29-33-25-9-5-15-32-28(25)30(34-29)35-26-10-4-3-8-23(26)24-16-21-6-1-2-7-22(21)17-27(24)35/h1-3,5-9,11-17,29,33H,4,10H2. The summed E-state index contributed by atoms with van der Waals surface area (Å²) in [5.74, 6) is 0.852. The van der Waals surface area contributed by atoms with Crippen LogP contribution in [0.4, 0.5) is 5.69 Å². The Kier molecular flexibility index (Phi) is 4.33. The molecule has 7 rings (SSSR count). The lowest BCUT2D eigenvalue weighted by atomic mass is 10.0. The molecule has 3 aromatic carbocycles. The van der Waals surface area contributed by atoms with E-state index in [4.69, 9.17) is 9.98 Å². The van der Waals surface area contributed by atoms with Gasteiger partial charge < -0.3 is 5.32 Å². The van der Waals surface area contributed by atoms with Gasteiger partial charge in [-0.15, -0.1) is 0 Å². The summed E-state index contributed by atoms with van der Waals surface area (Å²) in [6, 6.07) is 26.9. The zero-order chi connectivity index (χ0) is 23.4. The molecule has 1 aliphatic carbocycles. The van der Waals surface area contributed by atoms with Gasteiger partial charge in [0.1, 0.15) is 11.9 Å². The number of hydrogen-bond acceptors (Lipinski definition) is 4. The molecule has 0 saturated heterocycles. The number of hydrogen-bond donors (Lipinski definition) is 1. The summed E-state index contributed by atoms with van der Waals surface area (Å²) in [5, 5.41) is 16.4. The number of nitriles is 1. The second-order valence-corrected chi connectivity index (χ2v) is 8.99. The summed E-state index contributed by atoms with van der Waals surface area (Å²) < 4.78 is 2.32. The Labute approximate surface area is 202 Å². The Morgan fingerprint density at radius 2 is 1.80 bits per heavy atom. The van der Waals surface area contributed by atoms with E-state index in [9.17, 15) is 5.26 Å². The number of aromatic nitrogens is 2. The van der Waals surface area contributed by atoms with Crippen molar-refractivity contribution in [3.05, 3.63) is 113 Å². The molecule has 0 bridgehead atoms. The molecule has 0 fully saturated rings. The first-order chi connectivity index (χ1) is 17.3. The first-order valence-corrected chi connectivity index (χ1v) is 11.8. The highest BCUT2D eigenvalue weighted by atomic mass is 15.2. The maximum atomic E-state index is 9.21. The molecule has 1 atom stereocenters. The highest BCUT2D eigenvalue weighted by Crippen LogP contribution is 2.37. The van der Waals surface area contributed by atoms with Crippen LogP contribution in [-0.4, -0.2) is 15.4 Å². The third-order valence-corrected chi connectivity index (χ3v) is 6.94. The van der Waals surface area contributed by atoms with Crippen molar-refractivity contribution < 1.29 is 0 Å². The fourth-order valence-corrected chi connectivity index (χ4v) is 5.27. The minimum Gasteiger partial charge on any atom is -0.358 e. The molecule has 0 spiro atoms. The largest absolute Gasteiger partial charge is 0.358 e. The van der Waals surface area contributed by atoms with Crippen molar-refractivity contribution in [2.75, 3.05) is 5.32 Å². The molecular weight excluding hydrogens is 430 g/mol. The topological polar surface area (TPSA) is 66.0 Å². The van der Waals surface area contributed by atoms with Crippen LogP contribution in [-0.2, 0) is 6.42 Å². The second kappa shape index (κ2) is 7.68. The van der Waals surface area contributed by atoms with Crippen LogP contribution in [0.2, 0.25) is 0 Å². The highest BCUT2D eigenvalue weighted by molar-refractivity contribution is 6.13. The van der Waals surface area contributed by atoms with Crippen LogP contribution >= 0.6 is 0 Å². The molecule has 166 valence electrons. The van der Waals surface area contributed by atoms with Crippen molar-refractivity contribution in [3.8, 4) is 6.07 Å². The first-order valence-electron chi connectivity index (χ1n) is 11.8. The van der Waals surface area contributed by atoms with Crippen molar-refractivity contribution in [3.63, 3.8) is 0 Å². The fourth-order valence-electron chi connectivity index (χ4n) is 5.27. The van der Waals surface area contributed by atoms with E-state index in [-0.39, 0.29) is 6.17 Å². The number of aliphatic imine (C=N–C) groups is 1. The lowest BCUT2D eigenvalue weighted by Crippen LogP contribution is -2.27. The number of allylic oxidation sites excluding steroid dienone is 1. The van der Waals surface area contributed by atoms with E-state index in [2.05, 4.69) is 70.6 Å². The highest BCUT2D eigenvalue weighted by Gasteiger charge is 2.28. The smallest absolute Gasteiger partial charge is 0.163 e. The number of rotatable bonds is 1. The van der Waals surface area contributed by atoms with Gasteiger partial charge in [0.25, 0.3) is 0 Å². The second-order valence-electron chi connectivity index (χ2n) is 8.99. The number of nitrogens with one attached hydrogen (secondary N) is 1. The van der Waals surface area contributed by atoms with Crippen molar-refractivity contribution in [1.82, 2.24) is 9.55 Å². The number of pyridine rings is 1. The lowest BCUT2D eigenvalue weighted by molar-refractivity contribution is 0.802. The summed E-state index contributed by atoms with van der Waals surface area (Å²) >= 11 is 0. The molecule has 0 radical (unpaired) electrons. The van der Waals surface area contributed by atoms with Crippen LogP contribution in [0.25, 0.3) is 27.8 Å². The predicted octanol–water partition coefficient (Wildman–Crippen LogP) is 6.44. The van der Waals surface area contributed by atoms with Crippen LogP contribution in [0.1, 0.15) is 40.7 Å². The molecule has 2 aliphatic rings. The summed E-state index contributed by atoms with van der Waals surface area (Å²) in [4.78, 5) is 9.98. The van der Waals surface area contributed by atoms with E-state index in [0.29, 0.717) is 5.56 Å². The number of fused-ring (bicyclic) bond motifs is 5. The molecule has 0 saturated carbocycles. The van der Waals surface area contributed by atoms with Crippen LogP contribution in [0.15, 0.2) is 90.1 Å². The maximum Gasteiger partial charge on any atom is 0.163 e. The quantitative estimate of drug-likeness (QED) is 0.319. The van der Waals surface area contributed by atoms with Crippen LogP contribution < -0.4 is 5.32 Å². The number of anilines is 1. The Morgan fingerprint density at radius 3 is 2.63 bits per heavy atom. The molecule has 1 aliphatic heterocycles. The van der Waals surface area contributed by atoms with E-state index in [0.717, 1.165) is 41.1 Å². The van der Waals surface area contributed by atoms with Crippen LogP contribution in [0, 0.1) is 11.3 Å². The zero-order valence-electron chi connectivity index (χ0n) is 18.9. The molecule has 5 nitrogen and oxygen atoms in total. The summed E-state index contributed by atoms with van der Waals surface area (Å²) in [6.07, 6.45) is 8.02. The maximum absolute atomic E-state index is 9.21. The number of benzene rings is 3. The Bertz CT molecular complexity index is 1730. The number of nitrogens with zero attached hydrogens (tertiary/aromatic N) is 4. The van der Waals surface area contributed by atoms with Crippen molar-refractivity contribution in [2.24, 2.45) is 4.99 Å². The van der Waals surface area contributed by atoms with Gasteiger partial charge in [-0.25, -0.2) is 4.99 Å². The third kappa shape index (κ3) is 3.08. The summed E-state index contributed by atoms with van der Waals surface area (Å²) in [7, 11) is 0. The average molecular weight is 452 g/mol. The molecular formula is C30H21N5. The average Bonchev–Trinajstić information content (AvgIpc) is 3.24. The van der Waals surface area contributed by atoms with E-state index in [1.165, 1.54) is 27.4 Å². The Hall–Kier alpha value is -4.69. The van der Waals surface area contributed by atoms with E-state index in [1.54, 1.807) is 0 Å². The third-order valence-electron chi connectivity index (χ3n) is 6.94. The lowest BCUT2D eigenvalue weighted by Gasteiger charge is -2.27. The molecule has 5 aromatic rings. The molecule has 35 heavy (non-hydrogen) atoms. The summed E-state index contributed by atoms with van der Waals surface area (Å²) in [5.41, 5.74) is 7.14. The van der Waals surface area contributed by atoms with E-state index >= 15 is 0 Å². The fraction of sp³-hybridized carbons (Fsp3) is 0.100. The minimum atomic E-state index is -0.276. The SMILES string of the molecule is N#Cc1ccc(C2N=C(n3c4c(c5cc6ccccc6cc53)C=CCC4)c3ncccc3N2)cc1. The van der Waals surface area contributed by atoms with Gasteiger partial charge >= 0.3 is 0 Å². The molecule has 2 aromatic heterocycles. The van der Waals surface area contributed by atoms with Crippen LogP contribution in [0.5, 0.6) is 0 Å². The van der Waals surface area contributed by atoms with Gasteiger partial charge in [0, 0.05) is 22.8 Å². The normalized spacial score (nSPS) is 16.3. The van der Waals surface area contributed by atoms with E-state index in [1.807, 2.05) is 36.5 Å². The monoisotopic (exact) mass is 451 g/mol. The zero-order valence-corrected chi connectivity index (χ0v) is 18.9. The first kappa shape index (κ1) is 19.7. The van der Waals surface area contributed by atoms with Gasteiger partial charge in [-0.05, 0) is 65.6 Å². The summed E-state index contributed by atoms with van der Waals surface area (Å²) in [6.45, 7) is 0. The predicted molar refractivity (Wildman–Crippen MR) is 140 cm³/mol. The van der Waals surface area contributed by atoms with Crippen molar-refractivity contribution in [1.29, 1.82) is 5.26 Å².